The highest BCUT2D eigenvalue weighted by Crippen LogP contribution is 2.31. The molecule has 0 heterocycles. The fourth-order valence-corrected chi connectivity index (χ4v) is 0.867. The van der Waals surface area contributed by atoms with Crippen LogP contribution in [0.25, 0.3) is 0 Å². The van der Waals surface area contributed by atoms with Crippen LogP contribution >= 0.6 is 11.6 Å². The third-order valence-corrected chi connectivity index (χ3v) is 1.50. The fraction of sp³-hybridized carbons (Fsp3) is 0. The zero-order chi connectivity index (χ0) is 7.40. The van der Waals surface area contributed by atoms with Gasteiger partial charge in [-0.1, -0.05) is 11.6 Å². The van der Waals surface area contributed by atoms with E-state index >= 15 is 0 Å². The molecule has 0 atom stereocenters. The van der Waals surface area contributed by atoms with E-state index in [1.165, 1.54) is 6.08 Å². The van der Waals surface area contributed by atoms with Crippen LogP contribution < -0.4 is 0 Å². The maximum absolute atomic E-state index is 9.95. The molecule has 2 heteroatoms. The van der Waals surface area contributed by atoms with E-state index in [4.69, 9.17) is 11.6 Å². The molecule has 51 valence electrons. The molecule has 0 bridgehead atoms. The predicted octanol–water partition coefficient (Wildman–Crippen LogP) is 1.71. The van der Waals surface area contributed by atoms with Gasteiger partial charge in [-0.05, 0) is 31.8 Å². The summed E-state index contributed by atoms with van der Waals surface area (Å²) in [7, 11) is 0. The average Bonchev–Trinajstić information content (AvgIpc) is 2.38. The molecule has 1 aliphatic rings. The normalized spacial score (nSPS) is 21.5. The van der Waals surface area contributed by atoms with Crippen molar-refractivity contribution < 1.29 is 4.79 Å². The van der Waals surface area contributed by atoms with Crippen molar-refractivity contribution in [1.29, 1.82) is 0 Å². The van der Waals surface area contributed by atoms with E-state index in [-0.39, 0.29) is 0 Å². The SMILES string of the molecule is O=C/C=C(\Cl)[C]1[CH][CH][CH][CH]1. The van der Waals surface area contributed by atoms with Crippen LogP contribution in [0, 0.1) is 31.6 Å². The average molecular weight is 154 g/mol. The van der Waals surface area contributed by atoms with Gasteiger partial charge in [0.25, 0.3) is 0 Å². The summed E-state index contributed by atoms with van der Waals surface area (Å²) in [4.78, 5) is 9.95. The van der Waals surface area contributed by atoms with Crippen molar-refractivity contribution in [2.75, 3.05) is 0 Å². The van der Waals surface area contributed by atoms with Gasteiger partial charge in [-0.15, -0.1) is 0 Å². The van der Waals surface area contributed by atoms with Gasteiger partial charge in [0.2, 0.25) is 0 Å². The van der Waals surface area contributed by atoms with Crippen LogP contribution in [-0.4, -0.2) is 6.29 Å². The number of hydrogen-bond acceptors (Lipinski definition) is 1. The molecule has 1 rings (SSSR count). The second-order valence-corrected chi connectivity index (χ2v) is 2.23. The molecule has 1 nitrogen and oxygen atoms in total. The second-order valence-electron chi connectivity index (χ2n) is 1.82. The van der Waals surface area contributed by atoms with E-state index < -0.39 is 0 Å². The maximum Gasteiger partial charge on any atom is 0.144 e. The Kier molecular flexibility index (Phi) is 2.94. The lowest BCUT2D eigenvalue weighted by atomic mass is 10.1. The van der Waals surface area contributed by atoms with Crippen LogP contribution in [0.5, 0.6) is 0 Å². The van der Waals surface area contributed by atoms with Crippen LogP contribution in [0.3, 0.4) is 0 Å². The summed E-state index contributed by atoms with van der Waals surface area (Å²) in [5, 5.41) is 0.486. The standard InChI is InChI=1S/C8H6ClO/c9-8(5-6-10)7-3-1-2-4-7/h1-6H/b8-5-. The molecule has 0 aromatic rings. The van der Waals surface area contributed by atoms with Crippen LogP contribution in [0.1, 0.15) is 0 Å². The van der Waals surface area contributed by atoms with Crippen molar-refractivity contribution in [1.82, 2.24) is 0 Å². The largest absolute Gasteiger partial charge is 0.299 e. The van der Waals surface area contributed by atoms with E-state index in [0.29, 0.717) is 11.3 Å². The lowest BCUT2D eigenvalue weighted by Gasteiger charge is -2.02. The third-order valence-electron chi connectivity index (χ3n) is 1.15. The first-order valence-corrected chi connectivity index (χ1v) is 3.25. The summed E-state index contributed by atoms with van der Waals surface area (Å²) in [6.45, 7) is 0. The molecule has 5 radical (unpaired) electrons. The Morgan fingerprint density at radius 3 is 2.50 bits per heavy atom. The molecular weight excluding hydrogens is 148 g/mol. The highest BCUT2D eigenvalue weighted by atomic mass is 35.5. The van der Waals surface area contributed by atoms with Gasteiger partial charge in [0.15, 0.2) is 0 Å². The zero-order valence-electron chi connectivity index (χ0n) is 5.25. The molecule has 0 unspecified atom stereocenters. The molecule has 1 fully saturated rings. The van der Waals surface area contributed by atoms with Gasteiger partial charge in [-0.3, -0.25) is 4.79 Å². The predicted molar refractivity (Wildman–Crippen MR) is 40.4 cm³/mol. The van der Waals surface area contributed by atoms with Crippen LogP contribution in [0.15, 0.2) is 11.1 Å². The molecule has 1 aliphatic carbocycles. The van der Waals surface area contributed by atoms with Crippen molar-refractivity contribution in [3.63, 3.8) is 0 Å². The minimum Gasteiger partial charge on any atom is -0.299 e. The number of aldehydes is 1. The number of carbonyl (C=O) groups is 1. The topological polar surface area (TPSA) is 17.1 Å². The lowest BCUT2D eigenvalue weighted by Crippen LogP contribution is -1.90. The number of rotatable bonds is 2. The van der Waals surface area contributed by atoms with Gasteiger partial charge in [0, 0.05) is 11.0 Å². The number of hydrogen-bond donors (Lipinski definition) is 0. The molecule has 0 aliphatic heterocycles. The quantitative estimate of drug-likeness (QED) is 0.436. The van der Waals surface area contributed by atoms with Crippen molar-refractivity contribution in [3.05, 3.63) is 42.7 Å². The van der Waals surface area contributed by atoms with Crippen molar-refractivity contribution >= 4 is 17.9 Å². The molecule has 0 spiro atoms. The Bertz CT molecular complexity index is 145. The van der Waals surface area contributed by atoms with E-state index in [9.17, 15) is 4.79 Å². The molecule has 0 N–H and O–H groups in total. The summed E-state index contributed by atoms with van der Waals surface area (Å²) in [5.41, 5.74) is 0. The first kappa shape index (κ1) is 7.80. The lowest BCUT2D eigenvalue weighted by molar-refractivity contribution is -0.104. The van der Waals surface area contributed by atoms with Crippen molar-refractivity contribution in [2.45, 2.75) is 0 Å². The van der Waals surface area contributed by atoms with Crippen LogP contribution in [-0.2, 0) is 4.79 Å². The Morgan fingerprint density at radius 2 is 2.00 bits per heavy atom. The second kappa shape index (κ2) is 3.77. The molecule has 1 saturated carbocycles. The summed E-state index contributed by atoms with van der Waals surface area (Å²) < 4.78 is 0. The van der Waals surface area contributed by atoms with E-state index in [2.05, 4.69) is 0 Å². The Balaban J connectivity index is 2.46. The minimum absolute atomic E-state index is 0.486. The molecule has 10 heavy (non-hydrogen) atoms. The maximum atomic E-state index is 9.95. The fourth-order valence-electron chi connectivity index (χ4n) is 0.689. The Morgan fingerprint density at radius 1 is 1.40 bits per heavy atom. The zero-order valence-corrected chi connectivity index (χ0v) is 6.01. The Hall–Kier alpha value is -0.300. The van der Waals surface area contributed by atoms with E-state index in [0.717, 1.165) is 5.92 Å². The summed E-state index contributed by atoms with van der Waals surface area (Å²) >= 11 is 5.68. The van der Waals surface area contributed by atoms with Gasteiger partial charge in [-0.2, -0.15) is 0 Å². The van der Waals surface area contributed by atoms with Gasteiger partial charge in [0.1, 0.15) is 6.29 Å². The first-order valence-electron chi connectivity index (χ1n) is 2.87. The minimum atomic E-state index is 0.486. The number of halogens is 1. The highest BCUT2D eigenvalue weighted by molar-refractivity contribution is 6.32. The summed E-state index contributed by atoms with van der Waals surface area (Å²) in [5.74, 6) is 0.883. The molecule has 0 amide bonds. The number of allylic oxidation sites excluding steroid dienone is 2. The van der Waals surface area contributed by atoms with Gasteiger partial charge < -0.3 is 0 Å². The first-order chi connectivity index (χ1) is 4.84. The van der Waals surface area contributed by atoms with Gasteiger partial charge >= 0.3 is 0 Å². The van der Waals surface area contributed by atoms with Crippen LogP contribution in [0.4, 0.5) is 0 Å². The monoisotopic (exact) mass is 153 g/mol. The van der Waals surface area contributed by atoms with Crippen molar-refractivity contribution in [2.24, 2.45) is 0 Å². The molecular formula is C8H6ClO. The number of carbonyl (C=O) groups excluding carboxylic acids is 1. The smallest absolute Gasteiger partial charge is 0.144 e. The van der Waals surface area contributed by atoms with Gasteiger partial charge in [0.05, 0.1) is 0 Å². The van der Waals surface area contributed by atoms with Crippen molar-refractivity contribution in [3.8, 4) is 0 Å². The molecule has 0 aromatic carbocycles. The van der Waals surface area contributed by atoms with Gasteiger partial charge in [-0.25, -0.2) is 0 Å². The highest BCUT2D eigenvalue weighted by Gasteiger charge is 2.19. The summed E-state index contributed by atoms with van der Waals surface area (Å²) in [6, 6.07) is 0. The van der Waals surface area contributed by atoms with Crippen LogP contribution in [0.2, 0.25) is 0 Å². The molecule has 0 aromatic heterocycles. The molecule has 0 saturated heterocycles. The van der Waals surface area contributed by atoms with E-state index in [1.54, 1.807) is 0 Å². The Labute approximate surface area is 66.1 Å². The summed E-state index contributed by atoms with van der Waals surface area (Å²) in [6.07, 6.45) is 9.45. The third kappa shape index (κ3) is 1.84. The van der Waals surface area contributed by atoms with E-state index in [1.807, 2.05) is 25.7 Å².